The van der Waals surface area contributed by atoms with Crippen molar-refractivity contribution >= 4 is 28.5 Å². The van der Waals surface area contributed by atoms with Crippen LogP contribution in [0.15, 0.2) is 71.3 Å². The van der Waals surface area contributed by atoms with Gasteiger partial charge in [-0.05, 0) is 54.8 Å². The summed E-state index contributed by atoms with van der Waals surface area (Å²) >= 11 is 0. The maximum Gasteiger partial charge on any atom is 0.251 e. The van der Waals surface area contributed by atoms with Crippen LogP contribution in [0, 0.1) is 11.7 Å². The minimum atomic E-state index is -1.13. The molecule has 0 aliphatic rings. The van der Waals surface area contributed by atoms with Crippen LogP contribution in [-0.2, 0) is 16.1 Å². The lowest BCUT2D eigenvalue weighted by molar-refractivity contribution is -0.127. The number of hydrogen-bond donors (Lipinski definition) is 1. The van der Waals surface area contributed by atoms with E-state index in [9.17, 15) is 14.0 Å². The molecule has 0 saturated carbocycles. The topological polar surface area (TPSA) is 93.3 Å². The summed E-state index contributed by atoms with van der Waals surface area (Å²) in [7, 11) is 0. The number of carbonyl (C=O) groups excluding carboxylic acids is 2. The Labute approximate surface area is 196 Å². The number of furan rings is 1. The minimum absolute atomic E-state index is 0.201. The van der Waals surface area contributed by atoms with Crippen LogP contribution in [0.1, 0.15) is 32.1 Å². The van der Waals surface area contributed by atoms with Gasteiger partial charge in [-0.1, -0.05) is 37.3 Å². The molecule has 0 radical (unpaired) electrons. The molecule has 176 valence electrons. The normalized spacial score (nSPS) is 12.1. The molecule has 0 aliphatic heterocycles. The zero-order chi connectivity index (χ0) is 24.1. The van der Waals surface area contributed by atoms with E-state index in [0.717, 1.165) is 6.42 Å². The third-order valence-corrected chi connectivity index (χ3v) is 5.40. The number of aromatic nitrogens is 3. The molecular weight excluding hydrogens is 437 g/mol. The first-order valence-corrected chi connectivity index (χ1v) is 11.1. The highest BCUT2D eigenvalue weighted by atomic mass is 19.1. The van der Waals surface area contributed by atoms with E-state index in [0.29, 0.717) is 23.5 Å². The van der Waals surface area contributed by atoms with E-state index in [2.05, 4.69) is 29.5 Å². The van der Waals surface area contributed by atoms with Crippen LogP contribution in [-0.4, -0.2) is 33.4 Å². The molecule has 4 rings (SSSR count). The number of carbonyl (C=O) groups is 2. The predicted molar refractivity (Wildman–Crippen MR) is 125 cm³/mol. The van der Waals surface area contributed by atoms with E-state index in [1.807, 2.05) is 12.1 Å². The van der Waals surface area contributed by atoms with E-state index in [4.69, 9.17) is 4.42 Å². The van der Waals surface area contributed by atoms with Gasteiger partial charge in [0.05, 0.1) is 11.8 Å². The second-order valence-corrected chi connectivity index (χ2v) is 8.37. The Hall–Kier alpha value is -4.01. The molecule has 0 aliphatic carbocycles. The highest BCUT2D eigenvalue weighted by Gasteiger charge is 2.35. The third-order valence-electron chi connectivity index (χ3n) is 5.40. The van der Waals surface area contributed by atoms with Crippen LogP contribution in [0.3, 0.4) is 0 Å². The Morgan fingerprint density at radius 3 is 2.68 bits per heavy atom. The summed E-state index contributed by atoms with van der Waals surface area (Å²) in [5, 5.41) is 11.1. The van der Waals surface area contributed by atoms with Crippen molar-refractivity contribution in [2.45, 2.75) is 32.9 Å². The molecule has 2 aromatic carbocycles. The number of benzene rings is 2. The Kier molecular flexibility index (Phi) is 7.01. The second kappa shape index (κ2) is 10.3. The molecule has 0 fully saturated rings. The van der Waals surface area contributed by atoms with Gasteiger partial charge in [-0.2, -0.15) is 0 Å². The van der Waals surface area contributed by atoms with Crippen LogP contribution in [0.2, 0.25) is 0 Å². The molecule has 2 heterocycles. The Bertz CT molecular complexity index is 1270. The van der Waals surface area contributed by atoms with Crippen LogP contribution in [0.4, 0.5) is 10.1 Å². The average Bonchev–Trinajstić information content (AvgIpc) is 3.47. The molecule has 8 nitrogen and oxygen atoms in total. The fourth-order valence-electron chi connectivity index (χ4n) is 3.70. The molecule has 0 spiro atoms. The summed E-state index contributed by atoms with van der Waals surface area (Å²) in [5.74, 6) is -0.759. The number of amides is 2. The number of anilines is 1. The van der Waals surface area contributed by atoms with Crippen molar-refractivity contribution in [3.63, 3.8) is 0 Å². The largest absolute Gasteiger partial charge is 0.467 e. The Morgan fingerprint density at radius 1 is 1.12 bits per heavy atom. The van der Waals surface area contributed by atoms with E-state index >= 15 is 0 Å². The summed E-state index contributed by atoms with van der Waals surface area (Å²) in [6, 6.07) is 15.0. The second-order valence-electron chi connectivity index (χ2n) is 8.37. The standard InChI is InChI=1S/C25H26FN5O3/c1-17(2)12-13-27-25(33)24(22-11-6-14-34-22)31(19-8-5-7-18(26)15-19)23(32)16-30-21-10-4-3-9-20(21)28-29-30/h3-11,14-15,17,24H,12-13,16H2,1-2H3,(H,27,33). The number of para-hydroxylation sites is 1. The molecule has 2 amide bonds. The first kappa shape index (κ1) is 23.2. The summed E-state index contributed by atoms with van der Waals surface area (Å²) < 4.78 is 21.2. The molecule has 34 heavy (non-hydrogen) atoms. The van der Waals surface area contributed by atoms with Crippen LogP contribution in [0.5, 0.6) is 0 Å². The lowest BCUT2D eigenvalue weighted by Gasteiger charge is -2.30. The van der Waals surface area contributed by atoms with Crippen molar-refractivity contribution in [3.8, 4) is 0 Å². The van der Waals surface area contributed by atoms with Gasteiger partial charge in [-0.15, -0.1) is 5.10 Å². The van der Waals surface area contributed by atoms with Crippen molar-refractivity contribution < 1.29 is 18.4 Å². The molecular formula is C25H26FN5O3. The van der Waals surface area contributed by atoms with Crippen molar-refractivity contribution in [3.05, 3.63) is 78.5 Å². The van der Waals surface area contributed by atoms with Gasteiger partial charge in [0, 0.05) is 12.2 Å². The fourth-order valence-corrected chi connectivity index (χ4v) is 3.70. The van der Waals surface area contributed by atoms with E-state index in [1.165, 1.54) is 34.0 Å². The summed E-state index contributed by atoms with van der Waals surface area (Å²) in [6.07, 6.45) is 2.21. The van der Waals surface area contributed by atoms with Crippen LogP contribution < -0.4 is 10.2 Å². The lowest BCUT2D eigenvalue weighted by Crippen LogP contribution is -2.45. The Morgan fingerprint density at radius 2 is 1.94 bits per heavy atom. The highest BCUT2D eigenvalue weighted by molar-refractivity contribution is 6.01. The van der Waals surface area contributed by atoms with Gasteiger partial charge < -0.3 is 9.73 Å². The minimum Gasteiger partial charge on any atom is -0.467 e. The number of halogens is 1. The zero-order valence-corrected chi connectivity index (χ0v) is 19.0. The summed E-state index contributed by atoms with van der Waals surface area (Å²) in [5.41, 5.74) is 1.54. The van der Waals surface area contributed by atoms with Gasteiger partial charge in [0.15, 0.2) is 6.04 Å². The number of nitrogens with one attached hydrogen (secondary N) is 1. The maximum absolute atomic E-state index is 14.2. The predicted octanol–water partition coefficient (Wildman–Crippen LogP) is 4.10. The third kappa shape index (κ3) is 5.14. The van der Waals surface area contributed by atoms with E-state index in [1.54, 1.807) is 30.3 Å². The smallest absolute Gasteiger partial charge is 0.251 e. The van der Waals surface area contributed by atoms with Crippen molar-refractivity contribution in [2.75, 3.05) is 11.4 Å². The monoisotopic (exact) mass is 463 g/mol. The average molecular weight is 464 g/mol. The number of nitrogens with zero attached hydrogens (tertiary/aromatic N) is 4. The van der Waals surface area contributed by atoms with Crippen LogP contribution >= 0.6 is 0 Å². The fraction of sp³-hybridized carbons (Fsp3) is 0.280. The van der Waals surface area contributed by atoms with Crippen molar-refractivity contribution in [1.29, 1.82) is 0 Å². The van der Waals surface area contributed by atoms with Gasteiger partial charge in [-0.3, -0.25) is 14.5 Å². The lowest BCUT2D eigenvalue weighted by atomic mass is 10.1. The molecule has 1 N–H and O–H groups in total. The molecule has 9 heteroatoms. The van der Waals surface area contributed by atoms with Gasteiger partial charge in [-0.25, -0.2) is 9.07 Å². The molecule has 2 aromatic heterocycles. The van der Waals surface area contributed by atoms with Gasteiger partial charge in [0.2, 0.25) is 5.91 Å². The van der Waals surface area contributed by atoms with Crippen molar-refractivity contribution in [1.82, 2.24) is 20.3 Å². The number of rotatable bonds is 9. The van der Waals surface area contributed by atoms with Gasteiger partial charge >= 0.3 is 0 Å². The van der Waals surface area contributed by atoms with Gasteiger partial charge in [0.1, 0.15) is 23.6 Å². The maximum atomic E-state index is 14.2. The van der Waals surface area contributed by atoms with E-state index < -0.39 is 23.7 Å². The molecule has 1 atom stereocenters. The first-order valence-electron chi connectivity index (χ1n) is 11.1. The Balaban J connectivity index is 1.72. The van der Waals surface area contributed by atoms with E-state index in [-0.39, 0.29) is 18.0 Å². The quantitative estimate of drug-likeness (QED) is 0.403. The first-order chi connectivity index (χ1) is 16.4. The van der Waals surface area contributed by atoms with Crippen molar-refractivity contribution in [2.24, 2.45) is 5.92 Å². The highest BCUT2D eigenvalue weighted by Crippen LogP contribution is 2.29. The molecule has 1 unspecified atom stereocenters. The van der Waals surface area contributed by atoms with Gasteiger partial charge in [0.25, 0.3) is 5.91 Å². The summed E-state index contributed by atoms with van der Waals surface area (Å²) in [6.45, 7) is 4.35. The van der Waals surface area contributed by atoms with Crippen LogP contribution in [0.25, 0.3) is 11.0 Å². The number of fused-ring (bicyclic) bond motifs is 1. The molecule has 0 bridgehead atoms. The SMILES string of the molecule is CC(C)CCNC(=O)C(c1ccco1)N(C(=O)Cn1nnc2ccccc21)c1cccc(F)c1. The molecule has 4 aromatic rings. The number of hydrogen-bond acceptors (Lipinski definition) is 5. The zero-order valence-electron chi connectivity index (χ0n) is 19.0. The molecule has 0 saturated heterocycles. The summed E-state index contributed by atoms with van der Waals surface area (Å²) in [4.78, 5) is 28.3.